The van der Waals surface area contributed by atoms with Gasteiger partial charge in [-0.2, -0.15) is 0 Å². The van der Waals surface area contributed by atoms with Gasteiger partial charge in [-0.3, -0.25) is 9.52 Å². The SMILES string of the molecule is Cc1ccc(S(=O)(=O)Nc2ccccc2C(=O)NCC2CCCO2)cc1C. The number of hydrogen-bond donors (Lipinski definition) is 2. The van der Waals surface area contributed by atoms with E-state index >= 15 is 0 Å². The number of sulfonamides is 1. The van der Waals surface area contributed by atoms with Gasteiger partial charge in [-0.15, -0.1) is 0 Å². The maximum atomic E-state index is 12.7. The van der Waals surface area contributed by atoms with Gasteiger partial charge in [0.15, 0.2) is 0 Å². The number of ether oxygens (including phenoxy) is 1. The summed E-state index contributed by atoms with van der Waals surface area (Å²) in [6.07, 6.45) is 1.93. The van der Waals surface area contributed by atoms with Gasteiger partial charge in [0, 0.05) is 13.2 Å². The van der Waals surface area contributed by atoms with Crippen LogP contribution >= 0.6 is 0 Å². The molecule has 1 fully saturated rings. The third kappa shape index (κ3) is 4.67. The molecule has 0 aromatic heterocycles. The zero-order valence-electron chi connectivity index (χ0n) is 15.5. The van der Waals surface area contributed by atoms with Crippen LogP contribution in [-0.2, 0) is 14.8 Å². The lowest BCUT2D eigenvalue weighted by molar-refractivity contribution is 0.0858. The summed E-state index contributed by atoms with van der Waals surface area (Å²) in [6.45, 7) is 4.91. The molecule has 1 saturated heterocycles. The first-order valence-corrected chi connectivity index (χ1v) is 10.4. The molecule has 2 aromatic rings. The van der Waals surface area contributed by atoms with E-state index in [0.29, 0.717) is 13.2 Å². The molecule has 1 heterocycles. The lowest BCUT2D eigenvalue weighted by Crippen LogP contribution is -2.32. The van der Waals surface area contributed by atoms with Gasteiger partial charge in [0.1, 0.15) is 0 Å². The highest BCUT2D eigenvalue weighted by atomic mass is 32.2. The Balaban J connectivity index is 1.78. The molecular formula is C20H24N2O4S. The molecule has 1 atom stereocenters. The molecule has 0 radical (unpaired) electrons. The predicted octanol–water partition coefficient (Wildman–Crippen LogP) is 3.01. The average molecular weight is 388 g/mol. The van der Waals surface area contributed by atoms with E-state index in [1.165, 1.54) is 0 Å². The van der Waals surface area contributed by atoms with E-state index < -0.39 is 10.0 Å². The molecule has 0 spiro atoms. The van der Waals surface area contributed by atoms with E-state index in [1.54, 1.807) is 42.5 Å². The molecular weight excluding hydrogens is 364 g/mol. The fourth-order valence-corrected chi connectivity index (χ4v) is 4.13. The van der Waals surface area contributed by atoms with E-state index in [2.05, 4.69) is 10.0 Å². The number of amides is 1. The van der Waals surface area contributed by atoms with Gasteiger partial charge >= 0.3 is 0 Å². The van der Waals surface area contributed by atoms with Gasteiger partial charge in [-0.1, -0.05) is 18.2 Å². The number of hydrogen-bond acceptors (Lipinski definition) is 4. The molecule has 144 valence electrons. The van der Waals surface area contributed by atoms with E-state index in [0.717, 1.165) is 24.0 Å². The fraction of sp³-hybridized carbons (Fsp3) is 0.350. The third-order valence-corrected chi connectivity index (χ3v) is 6.08. The summed E-state index contributed by atoms with van der Waals surface area (Å²) >= 11 is 0. The smallest absolute Gasteiger partial charge is 0.261 e. The first-order valence-electron chi connectivity index (χ1n) is 8.96. The highest BCUT2D eigenvalue weighted by Gasteiger charge is 2.21. The summed E-state index contributed by atoms with van der Waals surface area (Å²) in [4.78, 5) is 12.7. The first kappa shape index (κ1) is 19.4. The number of benzene rings is 2. The summed E-state index contributed by atoms with van der Waals surface area (Å²) < 4.78 is 33.5. The van der Waals surface area contributed by atoms with Crippen LogP contribution in [0.15, 0.2) is 47.4 Å². The van der Waals surface area contributed by atoms with Crippen molar-refractivity contribution in [2.75, 3.05) is 17.9 Å². The van der Waals surface area contributed by atoms with Gasteiger partial charge in [0.2, 0.25) is 0 Å². The molecule has 7 heteroatoms. The number of rotatable bonds is 6. The van der Waals surface area contributed by atoms with Gasteiger partial charge in [-0.25, -0.2) is 8.42 Å². The summed E-state index contributed by atoms with van der Waals surface area (Å²) in [7, 11) is -3.79. The van der Waals surface area contributed by atoms with Crippen LogP contribution in [0.3, 0.4) is 0 Å². The highest BCUT2D eigenvalue weighted by Crippen LogP contribution is 2.22. The zero-order chi connectivity index (χ0) is 19.4. The molecule has 0 bridgehead atoms. The Labute approximate surface area is 160 Å². The second-order valence-electron chi connectivity index (χ2n) is 6.74. The van der Waals surface area contributed by atoms with Crippen molar-refractivity contribution in [3.05, 3.63) is 59.2 Å². The summed E-state index contributed by atoms with van der Waals surface area (Å²) in [5, 5.41) is 2.82. The number of carbonyl (C=O) groups excluding carboxylic acids is 1. The van der Waals surface area contributed by atoms with Crippen molar-refractivity contribution in [1.82, 2.24) is 5.32 Å². The van der Waals surface area contributed by atoms with Crippen molar-refractivity contribution >= 4 is 21.6 Å². The molecule has 0 saturated carbocycles. The van der Waals surface area contributed by atoms with Gasteiger partial charge in [0.05, 0.1) is 22.3 Å². The van der Waals surface area contributed by atoms with Crippen LogP contribution in [0.5, 0.6) is 0 Å². The first-order chi connectivity index (χ1) is 12.9. The molecule has 1 unspecified atom stereocenters. The standard InChI is InChI=1S/C20H24N2O4S/c1-14-9-10-17(12-15(14)2)27(24,25)22-19-8-4-3-7-18(19)20(23)21-13-16-6-5-11-26-16/h3-4,7-10,12,16,22H,5-6,11,13H2,1-2H3,(H,21,23). The Morgan fingerprint density at radius 3 is 2.63 bits per heavy atom. The molecule has 3 rings (SSSR count). The number of nitrogens with one attached hydrogen (secondary N) is 2. The molecule has 6 nitrogen and oxygen atoms in total. The van der Waals surface area contributed by atoms with Gasteiger partial charge < -0.3 is 10.1 Å². The van der Waals surface area contributed by atoms with Crippen LogP contribution in [0.4, 0.5) is 5.69 Å². The Morgan fingerprint density at radius 1 is 1.15 bits per heavy atom. The van der Waals surface area contributed by atoms with Crippen molar-refractivity contribution in [2.45, 2.75) is 37.7 Å². The van der Waals surface area contributed by atoms with Gasteiger partial charge in [-0.05, 0) is 62.1 Å². The zero-order valence-corrected chi connectivity index (χ0v) is 16.3. The number of para-hydroxylation sites is 1. The molecule has 2 aromatic carbocycles. The van der Waals surface area contributed by atoms with Gasteiger partial charge in [0.25, 0.3) is 15.9 Å². The summed E-state index contributed by atoms with van der Waals surface area (Å²) in [5.41, 5.74) is 2.44. The molecule has 2 N–H and O–H groups in total. The Hall–Kier alpha value is -2.38. The number of carbonyl (C=O) groups is 1. The van der Waals surface area contributed by atoms with E-state index in [-0.39, 0.29) is 28.2 Å². The van der Waals surface area contributed by atoms with E-state index in [1.807, 2.05) is 13.8 Å². The van der Waals surface area contributed by atoms with E-state index in [9.17, 15) is 13.2 Å². The second-order valence-corrected chi connectivity index (χ2v) is 8.42. The topological polar surface area (TPSA) is 84.5 Å². The molecule has 1 amide bonds. The predicted molar refractivity (Wildman–Crippen MR) is 104 cm³/mol. The monoisotopic (exact) mass is 388 g/mol. The molecule has 27 heavy (non-hydrogen) atoms. The lowest BCUT2D eigenvalue weighted by Gasteiger charge is -2.15. The Morgan fingerprint density at radius 2 is 1.93 bits per heavy atom. The Bertz CT molecular complexity index is 935. The minimum absolute atomic E-state index is 0.0216. The second kappa shape index (κ2) is 8.10. The van der Waals surface area contributed by atoms with Crippen molar-refractivity contribution in [2.24, 2.45) is 0 Å². The number of aryl methyl sites for hydroxylation is 2. The van der Waals surface area contributed by atoms with Crippen molar-refractivity contribution in [1.29, 1.82) is 0 Å². The largest absolute Gasteiger partial charge is 0.376 e. The maximum absolute atomic E-state index is 12.7. The van der Waals surface area contributed by atoms with Crippen LogP contribution in [0, 0.1) is 13.8 Å². The summed E-state index contributed by atoms with van der Waals surface area (Å²) in [5.74, 6) is -0.330. The average Bonchev–Trinajstić information content (AvgIpc) is 3.15. The van der Waals surface area contributed by atoms with Crippen LogP contribution in [0.25, 0.3) is 0 Å². The van der Waals surface area contributed by atoms with Crippen LogP contribution < -0.4 is 10.0 Å². The van der Waals surface area contributed by atoms with Crippen LogP contribution in [0.2, 0.25) is 0 Å². The van der Waals surface area contributed by atoms with Crippen molar-refractivity contribution in [3.63, 3.8) is 0 Å². The Kier molecular flexibility index (Phi) is 5.82. The van der Waals surface area contributed by atoms with Crippen molar-refractivity contribution < 1.29 is 17.9 Å². The van der Waals surface area contributed by atoms with Crippen molar-refractivity contribution in [3.8, 4) is 0 Å². The number of anilines is 1. The molecule has 1 aliphatic rings. The maximum Gasteiger partial charge on any atom is 0.261 e. The normalized spacial score (nSPS) is 16.9. The van der Waals surface area contributed by atoms with Crippen LogP contribution in [-0.4, -0.2) is 33.6 Å². The molecule has 0 aliphatic carbocycles. The highest BCUT2D eigenvalue weighted by molar-refractivity contribution is 7.92. The fourth-order valence-electron chi connectivity index (χ4n) is 2.96. The minimum atomic E-state index is -3.79. The minimum Gasteiger partial charge on any atom is -0.376 e. The quantitative estimate of drug-likeness (QED) is 0.797. The lowest BCUT2D eigenvalue weighted by atomic mass is 10.1. The van der Waals surface area contributed by atoms with Crippen LogP contribution in [0.1, 0.15) is 34.3 Å². The van der Waals surface area contributed by atoms with E-state index in [4.69, 9.17) is 4.74 Å². The third-order valence-electron chi connectivity index (χ3n) is 4.72. The summed E-state index contributed by atoms with van der Waals surface area (Å²) in [6, 6.07) is 11.5. The molecule has 1 aliphatic heterocycles.